The van der Waals surface area contributed by atoms with Crippen LogP contribution < -0.4 is 0 Å². The second-order valence-electron chi connectivity index (χ2n) is 14.4. The van der Waals surface area contributed by atoms with Crippen LogP contribution in [0.15, 0.2) is 192 Å². The minimum Gasteiger partial charge on any atom is -0.456 e. The van der Waals surface area contributed by atoms with Crippen LogP contribution in [-0.2, 0) is 0 Å². The predicted molar refractivity (Wildman–Crippen MR) is 232 cm³/mol. The third kappa shape index (κ3) is 4.87. The molecule has 12 rings (SSSR count). The van der Waals surface area contributed by atoms with E-state index in [1.165, 1.54) is 21.5 Å². The number of hydrogen-bond donors (Lipinski definition) is 0. The Morgan fingerprint density at radius 1 is 0.333 bits per heavy atom. The molecule has 6 heteroatoms. The van der Waals surface area contributed by atoms with Gasteiger partial charge >= 0.3 is 0 Å². The molecule has 4 aromatic heterocycles. The topological polar surface area (TPSA) is 61.7 Å². The van der Waals surface area contributed by atoms with Crippen LogP contribution in [0.25, 0.3) is 111 Å². The summed E-state index contributed by atoms with van der Waals surface area (Å²) in [7, 11) is 0. The zero-order chi connectivity index (χ0) is 37.5. The van der Waals surface area contributed by atoms with Gasteiger partial charge in [0, 0.05) is 66.4 Å². The molecule has 8 aromatic carbocycles. The zero-order valence-electron chi connectivity index (χ0n) is 30.5. The van der Waals surface area contributed by atoms with Crippen LogP contribution in [0.4, 0.5) is 0 Å². The van der Waals surface area contributed by atoms with Crippen molar-refractivity contribution >= 4 is 65.6 Å². The Balaban J connectivity index is 1.13. The van der Waals surface area contributed by atoms with Crippen molar-refractivity contribution in [2.45, 2.75) is 0 Å². The average molecular weight is 730 g/mol. The van der Waals surface area contributed by atoms with Crippen LogP contribution >= 0.6 is 0 Å². The minimum atomic E-state index is 0.619. The minimum absolute atomic E-state index is 0.619. The number of furan rings is 1. The van der Waals surface area contributed by atoms with Crippen molar-refractivity contribution in [1.29, 1.82) is 0 Å². The second kappa shape index (κ2) is 12.3. The number of aromatic nitrogens is 5. The van der Waals surface area contributed by atoms with Gasteiger partial charge in [0.15, 0.2) is 17.5 Å². The zero-order valence-corrected chi connectivity index (χ0v) is 30.5. The SMILES string of the molecule is c1ccc(-c2nc(-c3ccccc3)nc(-c3ccc(-n4c5cc6oc7ccccc7c6cc5c5ccc6c(c7ccccc7n6-c6ccccc6)c54)cc3)n2)cc1. The van der Waals surface area contributed by atoms with Crippen LogP contribution in [-0.4, -0.2) is 24.1 Å². The van der Waals surface area contributed by atoms with Gasteiger partial charge in [-0.15, -0.1) is 0 Å². The molecule has 0 N–H and O–H groups in total. The van der Waals surface area contributed by atoms with Gasteiger partial charge in [-0.25, -0.2) is 15.0 Å². The van der Waals surface area contributed by atoms with Gasteiger partial charge in [0.1, 0.15) is 11.2 Å². The normalized spacial score (nSPS) is 11.9. The van der Waals surface area contributed by atoms with Crippen molar-refractivity contribution in [1.82, 2.24) is 24.1 Å². The molecule has 0 fully saturated rings. The number of benzene rings is 8. The molecule has 0 amide bonds. The van der Waals surface area contributed by atoms with Gasteiger partial charge in [0.2, 0.25) is 0 Å². The van der Waals surface area contributed by atoms with E-state index in [1.807, 2.05) is 72.8 Å². The highest BCUT2D eigenvalue weighted by Gasteiger charge is 2.23. The van der Waals surface area contributed by atoms with Gasteiger partial charge in [-0.05, 0) is 60.7 Å². The Hall–Kier alpha value is -7.83. The van der Waals surface area contributed by atoms with E-state index in [-0.39, 0.29) is 0 Å². The first-order valence-electron chi connectivity index (χ1n) is 19.1. The Kier molecular flexibility index (Phi) is 6.83. The third-order valence-electron chi connectivity index (χ3n) is 11.2. The van der Waals surface area contributed by atoms with Gasteiger partial charge in [-0.1, -0.05) is 121 Å². The van der Waals surface area contributed by atoms with Gasteiger partial charge < -0.3 is 13.6 Å². The Morgan fingerprint density at radius 3 is 1.58 bits per heavy atom. The molecular weight excluding hydrogens is 699 g/mol. The number of rotatable bonds is 5. The number of nitrogens with zero attached hydrogens (tertiary/aromatic N) is 5. The molecule has 57 heavy (non-hydrogen) atoms. The third-order valence-corrected chi connectivity index (χ3v) is 11.2. The molecule has 0 aliphatic heterocycles. The highest BCUT2D eigenvalue weighted by atomic mass is 16.3. The highest BCUT2D eigenvalue weighted by Crippen LogP contribution is 2.44. The van der Waals surface area contributed by atoms with E-state index in [2.05, 4.69) is 124 Å². The van der Waals surface area contributed by atoms with Gasteiger partial charge in [-0.3, -0.25) is 0 Å². The van der Waals surface area contributed by atoms with Gasteiger partial charge in [0.05, 0.1) is 22.1 Å². The monoisotopic (exact) mass is 729 g/mol. The van der Waals surface area contributed by atoms with Crippen LogP contribution in [0.3, 0.4) is 0 Å². The maximum absolute atomic E-state index is 6.50. The van der Waals surface area contributed by atoms with Crippen LogP contribution in [0.2, 0.25) is 0 Å². The van der Waals surface area contributed by atoms with Crippen LogP contribution in [0.5, 0.6) is 0 Å². The van der Waals surface area contributed by atoms with E-state index in [4.69, 9.17) is 19.4 Å². The Labute approximate surface area is 326 Å². The number of hydrogen-bond acceptors (Lipinski definition) is 4. The molecule has 266 valence electrons. The summed E-state index contributed by atoms with van der Waals surface area (Å²) in [6.07, 6.45) is 0. The summed E-state index contributed by atoms with van der Waals surface area (Å²) in [6.45, 7) is 0. The molecular formula is C51H31N5O. The molecule has 12 aromatic rings. The maximum atomic E-state index is 6.50. The lowest BCUT2D eigenvalue weighted by molar-refractivity contribution is 0.669. The van der Waals surface area contributed by atoms with E-state index in [9.17, 15) is 0 Å². The molecule has 0 bridgehead atoms. The standard InChI is InChI=1S/C51H31N5O/c1-4-14-32(15-5-1)49-52-50(33-16-6-2-7-17-33)54-51(53-49)34-24-26-36(27-25-34)56-44-31-46-41(37-20-11-13-23-45(37)57-46)30-40(44)38-28-29-43-47(48(38)56)39-21-10-12-22-42(39)55(43)35-18-8-3-9-19-35/h1-31H. The quantitative estimate of drug-likeness (QED) is 0.177. The number of fused-ring (bicyclic) bond motifs is 10. The lowest BCUT2D eigenvalue weighted by atomic mass is 10.1. The molecule has 0 atom stereocenters. The predicted octanol–water partition coefficient (Wildman–Crippen LogP) is 13.0. The number of para-hydroxylation sites is 3. The van der Waals surface area contributed by atoms with E-state index in [1.54, 1.807) is 0 Å². The smallest absolute Gasteiger partial charge is 0.164 e. The molecule has 6 nitrogen and oxygen atoms in total. The van der Waals surface area contributed by atoms with Crippen molar-refractivity contribution < 1.29 is 4.42 Å². The maximum Gasteiger partial charge on any atom is 0.164 e. The second-order valence-corrected chi connectivity index (χ2v) is 14.4. The highest BCUT2D eigenvalue weighted by molar-refractivity contribution is 6.27. The summed E-state index contributed by atoms with van der Waals surface area (Å²) in [6, 6.07) is 65.5. The largest absolute Gasteiger partial charge is 0.456 e. The molecule has 0 spiro atoms. The molecule has 0 aliphatic carbocycles. The van der Waals surface area contributed by atoms with Crippen molar-refractivity contribution in [3.63, 3.8) is 0 Å². The lowest BCUT2D eigenvalue weighted by Crippen LogP contribution is -2.00. The fourth-order valence-corrected chi connectivity index (χ4v) is 8.59. The van der Waals surface area contributed by atoms with Crippen molar-refractivity contribution in [2.75, 3.05) is 0 Å². The van der Waals surface area contributed by atoms with E-state index in [0.717, 1.165) is 72.1 Å². The van der Waals surface area contributed by atoms with E-state index >= 15 is 0 Å². The first-order chi connectivity index (χ1) is 28.3. The Morgan fingerprint density at radius 2 is 0.895 bits per heavy atom. The Bertz CT molecular complexity index is 3430. The van der Waals surface area contributed by atoms with Gasteiger partial charge in [0.25, 0.3) is 0 Å². The van der Waals surface area contributed by atoms with Crippen molar-refractivity contribution in [2.24, 2.45) is 0 Å². The van der Waals surface area contributed by atoms with Crippen molar-refractivity contribution in [3.05, 3.63) is 188 Å². The lowest BCUT2D eigenvalue weighted by Gasteiger charge is -2.12. The molecule has 0 saturated heterocycles. The molecule has 0 saturated carbocycles. The molecule has 0 unspecified atom stereocenters. The summed E-state index contributed by atoms with van der Waals surface area (Å²) < 4.78 is 11.3. The summed E-state index contributed by atoms with van der Waals surface area (Å²) in [5, 5.41) is 6.97. The molecule has 0 radical (unpaired) electrons. The van der Waals surface area contributed by atoms with Crippen molar-refractivity contribution in [3.8, 4) is 45.5 Å². The van der Waals surface area contributed by atoms with E-state index < -0.39 is 0 Å². The fraction of sp³-hybridized carbons (Fsp3) is 0. The summed E-state index contributed by atoms with van der Waals surface area (Å²) in [4.78, 5) is 14.9. The summed E-state index contributed by atoms with van der Waals surface area (Å²) in [5.74, 6) is 1.89. The summed E-state index contributed by atoms with van der Waals surface area (Å²) >= 11 is 0. The first kappa shape index (κ1) is 31.5. The van der Waals surface area contributed by atoms with Crippen LogP contribution in [0, 0.1) is 0 Å². The summed E-state index contributed by atoms with van der Waals surface area (Å²) in [5.41, 5.74) is 11.2. The van der Waals surface area contributed by atoms with Gasteiger partial charge in [-0.2, -0.15) is 0 Å². The van der Waals surface area contributed by atoms with Crippen LogP contribution in [0.1, 0.15) is 0 Å². The molecule has 4 heterocycles. The average Bonchev–Trinajstić information content (AvgIpc) is 3.93. The molecule has 0 aliphatic rings. The van der Waals surface area contributed by atoms with E-state index in [0.29, 0.717) is 17.5 Å². The first-order valence-corrected chi connectivity index (χ1v) is 19.1. The fourth-order valence-electron chi connectivity index (χ4n) is 8.59.